The smallest absolute Gasteiger partial charge is 0.293 e. The Bertz CT molecular complexity index is 1070. The largest absolute Gasteiger partial charge is 0.349 e. The van der Waals surface area contributed by atoms with Gasteiger partial charge >= 0.3 is 0 Å². The number of piperidine rings is 1. The van der Waals surface area contributed by atoms with Crippen LogP contribution in [-0.4, -0.2) is 55.4 Å². The molecule has 29 heavy (non-hydrogen) atoms. The predicted molar refractivity (Wildman–Crippen MR) is 103 cm³/mol. The van der Waals surface area contributed by atoms with Crippen molar-refractivity contribution in [3.05, 3.63) is 58.9 Å². The summed E-state index contributed by atoms with van der Waals surface area (Å²) >= 11 is 0. The Kier molecular flexibility index (Phi) is 4.96. The molecule has 0 atom stereocenters. The quantitative estimate of drug-likeness (QED) is 0.730. The second kappa shape index (κ2) is 7.57. The first-order valence-corrected chi connectivity index (χ1v) is 9.47. The van der Waals surface area contributed by atoms with Crippen LogP contribution in [0.1, 0.15) is 45.2 Å². The highest BCUT2D eigenvalue weighted by atomic mass is 19.1. The number of carbonyl (C=O) groups excluding carboxylic acids is 2. The molecule has 1 N–H and O–H groups in total. The van der Waals surface area contributed by atoms with E-state index in [1.54, 1.807) is 9.42 Å². The van der Waals surface area contributed by atoms with E-state index >= 15 is 0 Å². The monoisotopic (exact) mass is 396 g/mol. The molecule has 8 nitrogen and oxygen atoms in total. The summed E-state index contributed by atoms with van der Waals surface area (Å²) in [6, 6.07) is 7.26. The molecule has 4 rings (SSSR count). The molecular weight excluding hydrogens is 375 g/mol. The lowest BCUT2D eigenvalue weighted by Crippen LogP contribution is -2.46. The van der Waals surface area contributed by atoms with Crippen molar-refractivity contribution < 1.29 is 14.0 Å². The van der Waals surface area contributed by atoms with Gasteiger partial charge in [-0.25, -0.2) is 13.9 Å². The van der Waals surface area contributed by atoms with Gasteiger partial charge in [0, 0.05) is 36.1 Å². The molecule has 3 heterocycles. The van der Waals surface area contributed by atoms with E-state index in [1.807, 2.05) is 19.9 Å². The first-order chi connectivity index (χ1) is 13.9. The number of hydrogen-bond acceptors (Lipinski definition) is 5. The van der Waals surface area contributed by atoms with Crippen LogP contribution in [0.15, 0.2) is 30.3 Å². The fourth-order valence-electron chi connectivity index (χ4n) is 3.50. The molecular formula is C20H21FN6O2. The number of aryl methyl sites for hydroxylation is 2. The topological polar surface area (TPSA) is 92.5 Å². The summed E-state index contributed by atoms with van der Waals surface area (Å²) in [5.41, 5.74) is 2.09. The number of likely N-dealkylation sites (tertiary alicyclic amines) is 1. The minimum atomic E-state index is -0.380. The molecule has 1 fully saturated rings. The normalized spacial score (nSPS) is 14.9. The zero-order valence-electron chi connectivity index (χ0n) is 16.2. The standard InChI is InChI=1S/C20H21FN6O2/c1-12-11-13(2)27-20(22-12)24-17(25-27)19(29)26-9-7-16(8-10-26)23-18(28)14-3-5-15(21)6-4-14/h3-6,11,16H,7-10H2,1-2H3,(H,23,28). The summed E-state index contributed by atoms with van der Waals surface area (Å²) in [6.45, 7) is 4.75. The second-order valence-corrected chi connectivity index (χ2v) is 7.23. The number of nitrogens with zero attached hydrogens (tertiary/aromatic N) is 5. The Morgan fingerprint density at radius 3 is 2.48 bits per heavy atom. The number of nitrogens with one attached hydrogen (secondary N) is 1. The molecule has 0 spiro atoms. The van der Waals surface area contributed by atoms with Crippen molar-refractivity contribution >= 4 is 17.6 Å². The predicted octanol–water partition coefficient (Wildman–Crippen LogP) is 1.91. The highest BCUT2D eigenvalue weighted by molar-refractivity contribution is 5.94. The van der Waals surface area contributed by atoms with Gasteiger partial charge in [-0.15, -0.1) is 5.10 Å². The molecule has 150 valence electrons. The third-order valence-corrected chi connectivity index (χ3v) is 5.03. The molecule has 3 aromatic rings. The van der Waals surface area contributed by atoms with Gasteiger partial charge in [0.15, 0.2) is 0 Å². The van der Waals surface area contributed by atoms with Gasteiger partial charge in [0.25, 0.3) is 17.6 Å². The second-order valence-electron chi connectivity index (χ2n) is 7.23. The van der Waals surface area contributed by atoms with Gasteiger partial charge in [0.05, 0.1) is 0 Å². The molecule has 0 radical (unpaired) electrons. The van der Waals surface area contributed by atoms with Crippen molar-refractivity contribution in [1.82, 2.24) is 29.8 Å². The molecule has 0 unspecified atom stereocenters. The molecule has 0 saturated carbocycles. The fraction of sp³-hybridized carbons (Fsp3) is 0.350. The number of carbonyl (C=O) groups is 2. The van der Waals surface area contributed by atoms with Crippen molar-refractivity contribution in [2.75, 3.05) is 13.1 Å². The van der Waals surface area contributed by atoms with Gasteiger partial charge < -0.3 is 10.2 Å². The number of amides is 2. The van der Waals surface area contributed by atoms with E-state index < -0.39 is 0 Å². The molecule has 0 bridgehead atoms. The van der Waals surface area contributed by atoms with Gasteiger partial charge in [0.1, 0.15) is 5.82 Å². The Hall–Kier alpha value is -3.36. The highest BCUT2D eigenvalue weighted by Gasteiger charge is 2.27. The van der Waals surface area contributed by atoms with Gasteiger partial charge in [-0.3, -0.25) is 9.59 Å². The Balaban J connectivity index is 1.38. The third-order valence-electron chi connectivity index (χ3n) is 5.03. The van der Waals surface area contributed by atoms with E-state index in [9.17, 15) is 14.0 Å². The van der Waals surface area contributed by atoms with Crippen LogP contribution in [0.2, 0.25) is 0 Å². The van der Waals surface area contributed by atoms with Crippen LogP contribution in [0.5, 0.6) is 0 Å². The van der Waals surface area contributed by atoms with Crippen molar-refractivity contribution in [1.29, 1.82) is 0 Å². The Morgan fingerprint density at radius 1 is 1.10 bits per heavy atom. The van der Waals surface area contributed by atoms with E-state index in [1.165, 1.54) is 24.3 Å². The third kappa shape index (κ3) is 3.94. The molecule has 0 aliphatic carbocycles. The first-order valence-electron chi connectivity index (χ1n) is 9.47. The SMILES string of the molecule is Cc1cc(C)n2nc(C(=O)N3CCC(NC(=O)c4ccc(F)cc4)CC3)nc2n1. The number of aromatic nitrogens is 4. The minimum Gasteiger partial charge on any atom is -0.349 e. The van der Waals surface area contributed by atoms with E-state index in [0.29, 0.717) is 37.3 Å². The van der Waals surface area contributed by atoms with E-state index in [-0.39, 0.29) is 29.5 Å². The van der Waals surface area contributed by atoms with E-state index in [2.05, 4.69) is 20.4 Å². The number of benzene rings is 1. The van der Waals surface area contributed by atoms with Crippen molar-refractivity contribution in [3.8, 4) is 0 Å². The lowest BCUT2D eigenvalue weighted by molar-refractivity contribution is 0.0686. The molecule has 1 saturated heterocycles. The van der Waals surface area contributed by atoms with Crippen LogP contribution in [0.3, 0.4) is 0 Å². The Morgan fingerprint density at radius 2 is 1.79 bits per heavy atom. The summed E-state index contributed by atoms with van der Waals surface area (Å²) in [6.07, 6.45) is 1.25. The average molecular weight is 396 g/mol. The molecule has 9 heteroatoms. The lowest BCUT2D eigenvalue weighted by atomic mass is 10.0. The minimum absolute atomic E-state index is 0.0443. The van der Waals surface area contributed by atoms with Crippen molar-refractivity contribution in [3.63, 3.8) is 0 Å². The van der Waals surface area contributed by atoms with E-state index in [0.717, 1.165) is 11.4 Å². The molecule has 1 aromatic carbocycles. The zero-order chi connectivity index (χ0) is 20.5. The maximum atomic E-state index is 13.0. The van der Waals surface area contributed by atoms with Crippen LogP contribution in [0.4, 0.5) is 4.39 Å². The summed E-state index contributed by atoms with van der Waals surface area (Å²) in [5, 5.41) is 7.24. The zero-order valence-corrected chi connectivity index (χ0v) is 16.2. The van der Waals surface area contributed by atoms with Crippen LogP contribution >= 0.6 is 0 Å². The van der Waals surface area contributed by atoms with Crippen molar-refractivity contribution in [2.45, 2.75) is 32.7 Å². The van der Waals surface area contributed by atoms with E-state index in [4.69, 9.17) is 0 Å². The number of halogens is 1. The maximum Gasteiger partial charge on any atom is 0.293 e. The molecule has 2 aromatic heterocycles. The lowest BCUT2D eigenvalue weighted by Gasteiger charge is -2.31. The van der Waals surface area contributed by atoms with Gasteiger partial charge in [-0.2, -0.15) is 4.98 Å². The highest BCUT2D eigenvalue weighted by Crippen LogP contribution is 2.15. The van der Waals surface area contributed by atoms with Gasteiger partial charge in [-0.05, 0) is 57.0 Å². The van der Waals surface area contributed by atoms with Crippen LogP contribution in [-0.2, 0) is 0 Å². The summed E-state index contributed by atoms with van der Waals surface area (Å²) in [7, 11) is 0. The van der Waals surface area contributed by atoms with Gasteiger partial charge in [-0.1, -0.05) is 0 Å². The first kappa shape index (κ1) is 19.0. The van der Waals surface area contributed by atoms with Crippen LogP contribution in [0, 0.1) is 19.7 Å². The number of fused-ring (bicyclic) bond motifs is 1. The molecule has 2 amide bonds. The maximum absolute atomic E-state index is 13.0. The van der Waals surface area contributed by atoms with Crippen LogP contribution < -0.4 is 5.32 Å². The molecule has 1 aliphatic rings. The summed E-state index contributed by atoms with van der Waals surface area (Å²) in [5.74, 6) is -0.327. The summed E-state index contributed by atoms with van der Waals surface area (Å²) in [4.78, 5) is 35.3. The van der Waals surface area contributed by atoms with Gasteiger partial charge in [0.2, 0.25) is 5.82 Å². The Labute approximate surface area is 166 Å². The van der Waals surface area contributed by atoms with Crippen molar-refractivity contribution in [2.24, 2.45) is 0 Å². The number of rotatable bonds is 3. The number of hydrogen-bond donors (Lipinski definition) is 1. The summed E-state index contributed by atoms with van der Waals surface area (Å²) < 4.78 is 14.6. The molecule has 1 aliphatic heterocycles. The fourth-order valence-corrected chi connectivity index (χ4v) is 3.50. The van der Waals surface area contributed by atoms with Crippen LogP contribution in [0.25, 0.3) is 5.78 Å². The average Bonchev–Trinajstić information content (AvgIpc) is 3.13.